The van der Waals surface area contributed by atoms with Gasteiger partial charge < -0.3 is 10.2 Å². The fourth-order valence-corrected chi connectivity index (χ4v) is 3.81. The molecule has 0 saturated heterocycles. The van der Waals surface area contributed by atoms with Crippen molar-refractivity contribution < 1.29 is 19.3 Å². The van der Waals surface area contributed by atoms with Crippen LogP contribution in [0.4, 0.5) is 10.5 Å². The van der Waals surface area contributed by atoms with Crippen molar-refractivity contribution in [1.82, 2.24) is 15.1 Å². The van der Waals surface area contributed by atoms with Gasteiger partial charge in [0.2, 0.25) is 0 Å². The molecule has 2 aliphatic rings. The summed E-state index contributed by atoms with van der Waals surface area (Å²) in [5, 5.41) is 13.7. The van der Waals surface area contributed by atoms with Crippen LogP contribution in [0.1, 0.15) is 38.3 Å². The molecule has 0 aromatic heterocycles. The predicted octanol–water partition coefficient (Wildman–Crippen LogP) is 2.35. The Morgan fingerprint density at radius 3 is 2.57 bits per heavy atom. The Morgan fingerprint density at radius 1 is 1.07 bits per heavy atom. The first-order valence-corrected chi connectivity index (χ1v) is 9.70. The Balaban J connectivity index is 1.29. The Bertz CT molecular complexity index is 1050. The second-order valence-electron chi connectivity index (χ2n) is 7.27. The number of nitro groups is 1. The highest BCUT2D eigenvalue weighted by molar-refractivity contribution is 6.21. The van der Waals surface area contributed by atoms with Gasteiger partial charge >= 0.3 is 6.03 Å². The van der Waals surface area contributed by atoms with Gasteiger partial charge in [0.1, 0.15) is 0 Å². The maximum atomic E-state index is 12.5. The molecule has 30 heavy (non-hydrogen) atoms. The first kappa shape index (κ1) is 19.6. The van der Waals surface area contributed by atoms with Gasteiger partial charge in [0.15, 0.2) is 0 Å². The number of hydrogen-bond donors (Lipinski definition) is 1. The zero-order valence-corrected chi connectivity index (χ0v) is 16.2. The minimum atomic E-state index is -0.602. The van der Waals surface area contributed by atoms with E-state index in [2.05, 4.69) is 11.4 Å². The lowest BCUT2D eigenvalue weighted by Crippen LogP contribution is -2.43. The summed E-state index contributed by atoms with van der Waals surface area (Å²) in [7, 11) is 0. The van der Waals surface area contributed by atoms with E-state index in [0.717, 1.165) is 23.0 Å². The van der Waals surface area contributed by atoms with E-state index in [1.807, 2.05) is 18.2 Å². The molecule has 2 aromatic carbocycles. The molecule has 0 spiro atoms. The third-order valence-corrected chi connectivity index (χ3v) is 5.42. The second-order valence-corrected chi connectivity index (χ2v) is 7.27. The largest absolute Gasteiger partial charge is 0.338 e. The minimum Gasteiger partial charge on any atom is -0.338 e. The average Bonchev–Trinajstić information content (AvgIpc) is 3.00. The molecule has 4 rings (SSSR count). The number of non-ortho nitro benzene ring substituents is 1. The summed E-state index contributed by atoms with van der Waals surface area (Å²) < 4.78 is 0. The van der Waals surface area contributed by atoms with Gasteiger partial charge in [-0.1, -0.05) is 24.3 Å². The first-order valence-electron chi connectivity index (χ1n) is 9.70. The molecule has 0 fully saturated rings. The fraction of sp³-hybridized carbons (Fsp3) is 0.286. The maximum Gasteiger partial charge on any atom is 0.317 e. The molecule has 0 saturated carbocycles. The molecular weight excluding hydrogens is 388 g/mol. The van der Waals surface area contributed by atoms with E-state index in [0.29, 0.717) is 26.1 Å². The van der Waals surface area contributed by atoms with Gasteiger partial charge in [-0.2, -0.15) is 0 Å². The number of benzene rings is 2. The normalized spacial score (nSPS) is 15.1. The highest BCUT2D eigenvalue weighted by Gasteiger charge is 2.36. The first-order chi connectivity index (χ1) is 14.5. The van der Waals surface area contributed by atoms with Crippen molar-refractivity contribution in [2.24, 2.45) is 0 Å². The fourth-order valence-electron chi connectivity index (χ4n) is 3.81. The van der Waals surface area contributed by atoms with E-state index < -0.39 is 16.7 Å². The smallest absolute Gasteiger partial charge is 0.317 e. The molecule has 4 amide bonds. The quantitative estimate of drug-likeness (QED) is 0.353. The molecule has 2 aromatic rings. The lowest BCUT2D eigenvalue weighted by molar-refractivity contribution is -0.384. The van der Waals surface area contributed by atoms with E-state index in [4.69, 9.17) is 0 Å². The average molecular weight is 408 g/mol. The van der Waals surface area contributed by atoms with Crippen LogP contribution < -0.4 is 5.32 Å². The van der Waals surface area contributed by atoms with Crippen molar-refractivity contribution in [3.63, 3.8) is 0 Å². The Kier molecular flexibility index (Phi) is 5.18. The number of amides is 4. The van der Waals surface area contributed by atoms with E-state index >= 15 is 0 Å². The van der Waals surface area contributed by atoms with Gasteiger partial charge in [-0.05, 0) is 30.0 Å². The predicted molar refractivity (Wildman–Crippen MR) is 107 cm³/mol. The van der Waals surface area contributed by atoms with Crippen molar-refractivity contribution >= 4 is 23.5 Å². The van der Waals surface area contributed by atoms with Crippen molar-refractivity contribution in [2.75, 3.05) is 19.6 Å². The number of carbonyl (C=O) groups is 3. The van der Waals surface area contributed by atoms with Crippen LogP contribution >= 0.6 is 0 Å². The number of nitrogens with zero attached hydrogens (tertiary/aromatic N) is 3. The number of carbonyl (C=O) groups excluding carboxylic acids is 3. The summed E-state index contributed by atoms with van der Waals surface area (Å²) in [4.78, 5) is 50.4. The third-order valence-electron chi connectivity index (χ3n) is 5.42. The molecule has 0 aliphatic carbocycles. The molecule has 0 bridgehead atoms. The Hall–Kier alpha value is -3.75. The van der Waals surface area contributed by atoms with E-state index in [1.54, 1.807) is 4.90 Å². The van der Waals surface area contributed by atoms with Crippen LogP contribution in [0, 0.1) is 10.1 Å². The topological polar surface area (TPSA) is 113 Å². The van der Waals surface area contributed by atoms with E-state index in [1.165, 1.54) is 17.7 Å². The lowest BCUT2D eigenvalue weighted by atomic mass is 10.0. The van der Waals surface area contributed by atoms with Crippen molar-refractivity contribution in [3.8, 4) is 0 Å². The van der Waals surface area contributed by atoms with Crippen molar-refractivity contribution in [3.05, 3.63) is 74.8 Å². The molecule has 9 nitrogen and oxygen atoms in total. The number of urea groups is 1. The lowest BCUT2D eigenvalue weighted by Gasteiger charge is -2.29. The number of hydrogen-bond acceptors (Lipinski definition) is 5. The summed E-state index contributed by atoms with van der Waals surface area (Å²) in [6.45, 7) is 1.63. The van der Waals surface area contributed by atoms with Crippen LogP contribution in [0.25, 0.3) is 0 Å². The molecule has 0 radical (unpaired) electrons. The number of rotatable bonds is 5. The van der Waals surface area contributed by atoms with Crippen LogP contribution in [-0.4, -0.2) is 52.2 Å². The van der Waals surface area contributed by atoms with E-state index in [-0.39, 0.29) is 29.4 Å². The van der Waals surface area contributed by atoms with Crippen molar-refractivity contribution in [1.29, 1.82) is 0 Å². The molecular formula is C21H20N4O5. The van der Waals surface area contributed by atoms with Crippen LogP contribution in [-0.2, 0) is 13.0 Å². The standard InChI is InChI=1S/C21H20N4O5/c26-19-17-7-6-16(25(29)30)12-18(17)20(27)24(19)10-3-9-22-21(28)23-11-8-14-4-1-2-5-15(14)13-23/h1-2,4-7,12H,3,8-11,13H2,(H,22,28). The van der Waals surface area contributed by atoms with Gasteiger partial charge in [0, 0.05) is 38.3 Å². The highest BCUT2D eigenvalue weighted by Crippen LogP contribution is 2.26. The monoisotopic (exact) mass is 408 g/mol. The summed E-state index contributed by atoms with van der Waals surface area (Å²) in [6, 6.07) is 11.5. The number of fused-ring (bicyclic) bond motifs is 2. The van der Waals surface area contributed by atoms with Gasteiger partial charge in [-0.25, -0.2) is 4.79 Å². The van der Waals surface area contributed by atoms with Gasteiger partial charge in [-0.3, -0.25) is 24.6 Å². The zero-order chi connectivity index (χ0) is 21.3. The molecule has 9 heteroatoms. The highest BCUT2D eigenvalue weighted by atomic mass is 16.6. The summed E-state index contributed by atoms with van der Waals surface area (Å²) in [5.74, 6) is -1.01. The molecule has 0 unspecified atom stereocenters. The second kappa shape index (κ2) is 7.94. The van der Waals surface area contributed by atoms with Crippen LogP contribution in [0.15, 0.2) is 42.5 Å². The number of nitro benzene ring substituents is 1. The van der Waals surface area contributed by atoms with Crippen LogP contribution in [0.5, 0.6) is 0 Å². The molecule has 2 heterocycles. The number of nitrogens with one attached hydrogen (secondary N) is 1. The summed E-state index contributed by atoms with van der Waals surface area (Å²) in [6.07, 6.45) is 1.20. The maximum absolute atomic E-state index is 12.5. The number of imide groups is 1. The third kappa shape index (κ3) is 3.61. The Labute approximate surface area is 172 Å². The van der Waals surface area contributed by atoms with Gasteiger partial charge in [-0.15, -0.1) is 0 Å². The molecule has 1 N–H and O–H groups in total. The molecule has 0 atom stereocenters. The minimum absolute atomic E-state index is 0.0465. The summed E-state index contributed by atoms with van der Waals surface area (Å²) >= 11 is 0. The molecule has 154 valence electrons. The molecule has 2 aliphatic heterocycles. The van der Waals surface area contributed by atoms with Gasteiger partial charge in [0.25, 0.3) is 17.5 Å². The zero-order valence-electron chi connectivity index (χ0n) is 16.2. The van der Waals surface area contributed by atoms with Crippen LogP contribution in [0.3, 0.4) is 0 Å². The summed E-state index contributed by atoms with van der Waals surface area (Å²) in [5.41, 5.74) is 2.38. The van der Waals surface area contributed by atoms with E-state index in [9.17, 15) is 24.5 Å². The van der Waals surface area contributed by atoms with Crippen LogP contribution in [0.2, 0.25) is 0 Å². The van der Waals surface area contributed by atoms with Gasteiger partial charge in [0.05, 0.1) is 16.1 Å². The Morgan fingerprint density at radius 2 is 1.80 bits per heavy atom. The SMILES string of the molecule is O=C(NCCCN1C(=O)c2ccc([N+](=O)[O-])cc2C1=O)N1CCc2ccccc2C1. The van der Waals surface area contributed by atoms with Crippen molar-refractivity contribution in [2.45, 2.75) is 19.4 Å².